The van der Waals surface area contributed by atoms with Crippen molar-refractivity contribution in [2.24, 2.45) is 0 Å². The highest BCUT2D eigenvalue weighted by molar-refractivity contribution is 8.72. The molecule has 0 saturated carbocycles. The van der Waals surface area contributed by atoms with Gasteiger partial charge in [-0.25, -0.2) is 0 Å². The average Bonchev–Trinajstić information content (AvgIpc) is 2.51. The number of rotatable bonds is 2. The maximum atomic E-state index is 2.31. The molecule has 0 spiro atoms. The lowest BCUT2D eigenvalue weighted by Gasteiger charge is -2.33. The van der Waals surface area contributed by atoms with Crippen molar-refractivity contribution in [2.75, 3.05) is 0 Å². The van der Waals surface area contributed by atoms with Crippen molar-refractivity contribution in [3.8, 4) is 0 Å². The second-order valence-electron chi connectivity index (χ2n) is 4.84. The first-order valence-electron chi connectivity index (χ1n) is 6.71. The SMILES string of the molecule is c1ccc([P+]2(c3ccccc3)Sc3ccccc32)cc1. The normalized spacial score (nSPS) is 15.2. The van der Waals surface area contributed by atoms with Crippen LogP contribution in [0.25, 0.3) is 0 Å². The summed E-state index contributed by atoms with van der Waals surface area (Å²) in [6.07, 6.45) is 0. The molecule has 0 aromatic heterocycles. The molecule has 2 heteroatoms. The molecule has 1 heterocycles. The Balaban J connectivity index is 1.98. The van der Waals surface area contributed by atoms with Crippen molar-refractivity contribution < 1.29 is 0 Å². The Hall–Kier alpha value is -1.56. The van der Waals surface area contributed by atoms with Crippen LogP contribution in [-0.4, -0.2) is 0 Å². The highest BCUT2D eigenvalue weighted by Gasteiger charge is 2.57. The first kappa shape index (κ1) is 12.2. The van der Waals surface area contributed by atoms with E-state index in [0.717, 1.165) is 0 Å². The Morgan fingerprint density at radius 1 is 0.550 bits per heavy atom. The van der Waals surface area contributed by atoms with Crippen LogP contribution in [-0.2, 0) is 0 Å². The van der Waals surface area contributed by atoms with E-state index in [2.05, 4.69) is 96.3 Å². The van der Waals surface area contributed by atoms with Gasteiger partial charge in [-0.05, 0) is 36.4 Å². The average molecular weight is 293 g/mol. The smallest absolute Gasteiger partial charge is 0.0620 e. The Kier molecular flexibility index (Phi) is 2.91. The number of hydrogen-bond donors (Lipinski definition) is 0. The summed E-state index contributed by atoms with van der Waals surface area (Å²) in [4.78, 5) is 1.44. The third-order valence-corrected chi connectivity index (χ3v) is 11.0. The Labute approximate surface area is 123 Å². The quantitative estimate of drug-likeness (QED) is 0.644. The van der Waals surface area contributed by atoms with Gasteiger partial charge in [0.05, 0.1) is 16.3 Å². The molecular weight excluding hydrogens is 279 g/mol. The van der Waals surface area contributed by atoms with E-state index < -0.39 is 6.46 Å². The van der Waals surface area contributed by atoms with Crippen LogP contribution >= 0.6 is 17.8 Å². The lowest BCUT2D eigenvalue weighted by Crippen LogP contribution is -2.35. The Morgan fingerprint density at radius 3 is 1.60 bits per heavy atom. The summed E-state index contributed by atoms with van der Waals surface area (Å²) in [5.41, 5.74) is 0. The van der Waals surface area contributed by atoms with E-state index in [1.165, 1.54) is 20.8 Å². The fourth-order valence-corrected chi connectivity index (χ4v) is 9.81. The molecule has 3 aromatic rings. The molecule has 0 bridgehead atoms. The fourth-order valence-electron chi connectivity index (χ4n) is 2.76. The topological polar surface area (TPSA) is 0 Å². The molecule has 1 aliphatic rings. The first-order valence-corrected chi connectivity index (χ1v) is 9.92. The zero-order valence-corrected chi connectivity index (χ0v) is 12.6. The van der Waals surface area contributed by atoms with E-state index in [0.29, 0.717) is 0 Å². The standard InChI is InChI=1S/C18H14PS/c1-3-9-15(10-4-1)19(16-11-5-2-6-12-16)17-13-7-8-14-18(17)20-19/h1-14H/q+1. The number of benzene rings is 3. The highest BCUT2D eigenvalue weighted by atomic mass is 32.7. The molecule has 0 saturated heterocycles. The summed E-state index contributed by atoms with van der Waals surface area (Å²) in [5, 5.41) is 4.47. The van der Waals surface area contributed by atoms with Crippen LogP contribution in [0.2, 0.25) is 0 Å². The van der Waals surface area contributed by atoms with Crippen LogP contribution in [0.4, 0.5) is 0 Å². The molecule has 3 aromatic carbocycles. The van der Waals surface area contributed by atoms with Gasteiger partial charge in [0.25, 0.3) is 0 Å². The molecular formula is C18H14PS+. The van der Waals surface area contributed by atoms with Gasteiger partial charge in [0.15, 0.2) is 6.46 Å². The lowest BCUT2D eigenvalue weighted by atomic mass is 10.3. The third-order valence-electron chi connectivity index (χ3n) is 3.68. The van der Waals surface area contributed by atoms with E-state index >= 15 is 0 Å². The minimum Gasteiger partial charge on any atom is -0.0620 e. The molecule has 0 aliphatic carbocycles. The van der Waals surface area contributed by atoms with E-state index in [1.807, 2.05) is 0 Å². The van der Waals surface area contributed by atoms with Crippen LogP contribution < -0.4 is 15.9 Å². The van der Waals surface area contributed by atoms with Crippen molar-refractivity contribution in [2.45, 2.75) is 4.90 Å². The molecule has 4 rings (SSSR count). The van der Waals surface area contributed by atoms with E-state index in [9.17, 15) is 0 Å². The van der Waals surface area contributed by atoms with Crippen molar-refractivity contribution in [3.63, 3.8) is 0 Å². The van der Waals surface area contributed by atoms with Gasteiger partial charge in [-0.3, -0.25) is 0 Å². The van der Waals surface area contributed by atoms with Crippen molar-refractivity contribution in [1.29, 1.82) is 0 Å². The van der Waals surface area contributed by atoms with Gasteiger partial charge < -0.3 is 0 Å². The van der Waals surface area contributed by atoms with Gasteiger partial charge in [-0.1, -0.05) is 48.5 Å². The Bertz CT molecular complexity index is 698. The van der Waals surface area contributed by atoms with Crippen LogP contribution in [0.3, 0.4) is 0 Å². The second kappa shape index (κ2) is 4.77. The molecule has 1 aliphatic heterocycles. The lowest BCUT2D eigenvalue weighted by molar-refractivity contribution is 1.52. The fraction of sp³-hybridized carbons (Fsp3) is 0. The summed E-state index contributed by atoms with van der Waals surface area (Å²) >= 11 is 2.06. The molecule has 20 heavy (non-hydrogen) atoms. The largest absolute Gasteiger partial charge is 0.177 e. The first-order chi connectivity index (χ1) is 9.91. The third kappa shape index (κ3) is 1.67. The van der Waals surface area contributed by atoms with Gasteiger partial charge in [0, 0.05) is 0 Å². The van der Waals surface area contributed by atoms with Gasteiger partial charge in [-0.15, -0.1) is 0 Å². The maximum Gasteiger partial charge on any atom is 0.177 e. The van der Waals surface area contributed by atoms with Gasteiger partial charge in [0.1, 0.15) is 15.9 Å². The van der Waals surface area contributed by atoms with Gasteiger partial charge in [-0.2, -0.15) is 0 Å². The summed E-state index contributed by atoms with van der Waals surface area (Å²) < 4.78 is 0. The highest BCUT2D eigenvalue weighted by Crippen LogP contribution is 2.76. The summed E-state index contributed by atoms with van der Waals surface area (Å²) in [6, 6.07) is 30.8. The van der Waals surface area contributed by atoms with Crippen LogP contribution in [0.5, 0.6) is 0 Å². The zero-order valence-electron chi connectivity index (χ0n) is 10.9. The van der Waals surface area contributed by atoms with E-state index in [1.54, 1.807) is 0 Å². The molecule has 0 radical (unpaired) electrons. The van der Waals surface area contributed by atoms with Gasteiger partial charge in [0.2, 0.25) is 0 Å². The van der Waals surface area contributed by atoms with E-state index in [-0.39, 0.29) is 0 Å². The minimum absolute atomic E-state index is 1.44. The molecule has 96 valence electrons. The van der Waals surface area contributed by atoms with Crippen molar-refractivity contribution in [3.05, 3.63) is 84.9 Å². The predicted octanol–water partition coefficient (Wildman–Crippen LogP) is 4.00. The number of hydrogen-bond acceptors (Lipinski definition) is 1. The maximum absolute atomic E-state index is 2.31. The van der Waals surface area contributed by atoms with Crippen LogP contribution in [0.15, 0.2) is 89.8 Å². The summed E-state index contributed by atoms with van der Waals surface area (Å²) in [7, 11) is 0. The molecule has 0 atom stereocenters. The molecule has 0 amide bonds. The summed E-state index contributed by atoms with van der Waals surface area (Å²) in [5.74, 6) is 0. The van der Waals surface area contributed by atoms with Crippen LogP contribution in [0, 0.1) is 0 Å². The van der Waals surface area contributed by atoms with Gasteiger partial charge >= 0.3 is 0 Å². The molecule has 0 fully saturated rings. The Morgan fingerprint density at radius 2 is 1.05 bits per heavy atom. The summed E-state index contributed by atoms with van der Waals surface area (Å²) in [6.45, 7) is -1.45. The molecule has 0 N–H and O–H groups in total. The van der Waals surface area contributed by atoms with Crippen LogP contribution in [0.1, 0.15) is 0 Å². The minimum atomic E-state index is -1.45. The van der Waals surface area contributed by atoms with Crippen molar-refractivity contribution >= 4 is 33.8 Å². The monoisotopic (exact) mass is 293 g/mol. The second-order valence-corrected chi connectivity index (χ2v) is 10.4. The predicted molar refractivity (Wildman–Crippen MR) is 91.0 cm³/mol. The molecule has 0 unspecified atom stereocenters. The zero-order chi connectivity index (χ0) is 13.4. The molecule has 0 nitrogen and oxygen atoms in total. The van der Waals surface area contributed by atoms with E-state index in [4.69, 9.17) is 0 Å². The van der Waals surface area contributed by atoms with Crippen molar-refractivity contribution in [1.82, 2.24) is 0 Å². The number of fused-ring (bicyclic) bond motifs is 1.